The number of hydrogen-bond acceptors (Lipinski definition) is 4. The normalized spacial score (nSPS) is 40.1. The largest absolute Gasteiger partial charge is 0.352 e. The summed E-state index contributed by atoms with van der Waals surface area (Å²) in [7, 11) is 0. The second-order valence-corrected chi connectivity index (χ2v) is 8.42. The van der Waals surface area contributed by atoms with Crippen LogP contribution in [0.2, 0.25) is 0 Å². The number of hydrogen-bond donors (Lipinski definition) is 0. The molecule has 3 fully saturated rings. The molecule has 1 aliphatic carbocycles. The quantitative estimate of drug-likeness (QED) is 0.660. The van der Waals surface area contributed by atoms with Crippen LogP contribution in [0.3, 0.4) is 0 Å². The average molecular weight is 355 g/mol. The Morgan fingerprint density at radius 1 is 0.640 bits per heavy atom. The topological polar surface area (TPSA) is 36.9 Å². The maximum Gasteiger partial charge on any atom is 0.160 e. The molecule has 1 saturated carbocycles. The molecular weight excluding hydrogens is 316 g/mol. The summed E-state index contributed by atoms with van der Waals surface area (Å²) >= 11 is 0. The van der Waals surface area contributed by atoms with E-state index >= 15 is 0 Å². The Morgan fingerprint density at radius 3 is 1.84 bits per heavy atom. The van der Waals surface area contributed by atoms with Gasteiger partial charge in [-0.25, -0.2) is 0 Å². The van der Waals surface area contributed by atoms with Crippen LogP contribution in [0.4, 0.5) is 0 Å². The lowest BCUT2D eigenvalue weighted by molar-refractivity contribution is -0.236. The molecule has 3 aliphatic rings. The number of rotatable bonds is 7. The molecule has 2 saturated heterocycles. The first-order valence-corrected chi connectivity index (χ1v) is 10.7. The summed E-state index contributed by atoms with van der Waals surface area (Å²) in [5.41, 5.74) is 0. The van der Waals surface area contributed by atoms with Gasteiger partial charge in [-0.05, 0) is 38.0 Å². The Hall–Kier alpha value is -0.160. The molecule has 0 bridgehead atoms. The standard InChI is InChI=1S/C21H38O4/c1-3-5-17-12-22-20(23-13-17)11-8-18-14-24-21(25-15-18)19-9-6-16(4-2)7-10-19/h16-21H,3-15H2,1-2H3. The summed E-state index contributed by atoms with van der Waals surface area (Å²) in [6.45, 7) is 7.93. The van der Waals surface area contributed by atoms with Crippen LogP contribution in [-0.4, -0.2) is 39.0 Å². The van der Waals surface area contributed by atoms with E-state index in [4.69, 9.17) is 18.9 Å². The Labute approximate surface area is 153 Å². The molecule has 146 valence electrons. The van der Waals surface area contributed by atoms with Crippen molar-refractivity contribution in [2.75, 3.05) is 26.4 Å². The Kier molecular flexibility index (Phi) is 8.03. The smallest absolute Gasteiger partial charge is 0.160 e. The van der Waals surface area contributed by atoms with E-state index < -0.39 is 0 Å². The molecule has 4 heteroatoms. The van der Waals surface area contributed by atoms with Crippen LogP contribution in [-0.2, 0) is 18.9 Å². The van der Waals surface area contributed by atoms with Crippen LogP contribution in [0.15, 0.2) is 0 Å². The highest BCUT2D eigenvalue weighted by Crippen LogP contribution is 2.35. The van der Waals surface area contributed by atoms with E-state index in [-0.39, 0.29) is 12.6 Å². The molecule has 0 aromatic carbocycles. The van der Waals surface area contributed by atoms with Crippen molar-refractivity contribution in [1.82, 2.24) is 0 Å². The van der Waals surface area contributed by atoms with Gasteiger partial charge in [0.15, 0.2) is 12.6 Å². The fourth-order valence-electron chi connectivity index (χ4n) is 4.56. The van der Waals surface area contributed by atoms with E-state index in [0.717, 1.165) is 45.2 Å². The Balaban J connectivity index is 1.28. The van der Waals surface area contributed by atoms with Gasteiger partial charge in [0.1, 0.15) is 0 Å². The lowest BCUT2D eigenvalue weighted by atomic mass is 9.80. The third-order valence-corrected chi connectivity index (χ3v) is 6.39. The molecule has 0 atom stereocenters. The molecule has 3 rings (SSSR count). The molecule has 0 amide bonds. The zero-order chi connectivity index (χ0) is 17.5. The molecule has 0 aromatic rings. The maximum atomic E-state index is 6.08. The van der Waals surface area contributed by atoms with Crippen molar-refractivity contribution >= 4 is 0 Å². The van der Waals surface area contributed by atoms with Gasteiger partial charge in [-0.2, -0.15) is 0 Å². The summed E-state index contributed by atoms with van der Waals surface area (Å²) in [5, 5.41) is 0. The lowest BCUT2D eigenvalue weighted by Gasteiger charge is -2.38. The first-order chi connectivity index (χ1) is 12.3. The molecule has 0 aromatic heterocycles. The van der Waals surface area contributed by atoms with Crippen molar-refractivity contribution in [2.24, 2.45) is 23.7 Å². The van der Waals surface area contributed by atoms with Crippen molar-refractivity contribution in [3.05, 3.63) is 0 Å². The minimum atomic E-state index is -0.0184. The molecular formula is C21H38O4. The van der Waals surface area contributed by atoms with Gasteiger partial charge in [0.25, 0.3) is 0 Å². The second kappa shape index (κ2) is 10.2. The van der Waals surface area contributed by atoms with Crippen molar-refractivity contribution < 1.29 is 18.9 Å². The molecule has 0 spiro atoms. The summed E-state index contributed by atoms with van der Waals surface area (Å²) < 4.78 is 23.9. The van der Waals surface area contributed by atoms with E-state index in [2.05, 4.69) is 13.8 Å². The van der Waals surface area contributed by atoms with Crippen LogP contribution < -0.4 is 0 Å². The van der Waals surface area contributed by atoms with Gasteiger partial charge >= 0.3 is 0 Å². The molecule has 4 nitrogen and oxygen atoms in total. The first kappa shape index (κ1) is 19.6. The van der Waals surface area contributed by atoms with Crippen LogP contribution >= 0.6 is 0 Å². The SMILES string of the molecule is CCCC1COC(CCC2COC(C3CCC(CC)CC3)OC2)OC1. The summed E-state index contributed by atoms with van der Waals surface area (Å²) in [6.07, 6.45) is 11.0. The van der Waals surface area contributed by atoms with Gasteiger partial charge in [0, 0.05) is 17.8 Å². The van der Waals surface area contributed by atoms with Gasteiger partial charge < -0.3 is 18.9 Å². The monoisotopic (exact) mass is 354 g/mol. The van der Waals surface area contributed by atoms with Gasteiger partial charge in [0.2, 0.25) is 0 Å². The summed E-state index contributed by atoms with van der Waals surface area (Å²) in [6, 6.07) is 0. The highest BCUT2D eigenvalue weighted by Gasteiger charge is 2.32. The highest BCUT2D eigenvalue weighted by molar-refractivity contribution is 4.76. The second-order valence-electron chi connectivity index (χ2n) is 8.42. The average Bonchev–Trinajstić information content (AvgIpc) is 2.68. The molecule has 25 heavy (non-hydrogen) atoms. The van der Waals surface area contributed by atoms with E-state index in [9.17, 15) is 0 Å². The minimum Gasteiger partial charge on any atom is -0.352 e. The van der Waals surface area contributed by atoms with Gasteiger partial charge in [-0.15, -0.1) is 0 Å². The van der Waals surface area contributed by atoms with Crippen molar-refractivity contribution in [1.29, 1.82) is 0 Å². The molecule has 0 unspecified atom stereocenters. The molecule has 2 heterocycles. The van der Waals surface area contributed by atoms with Crippen LogP contribution in [0.25, 0.3) is 0 Å². The van der Waals surface area contributed by atoms with E-state index in [1.165, 1.54) is 44.9 Å². The van der Waals surface area contributed by atoms with Gasteiger partial charge in [-0.3, -0.25) is 0 Å². The third-order valence-electron chi connectivity index (χ3n) is 6.39. The van der Waals surface area contributed by atoms with Crippen LogP contribution in [0, 0.1) is 23.7 Å². The Bertz CT molecular complexity index is 351. The number of ether oxygens (including phenoxy) is 4. The van der Waals surface area contributed by atoms with Crippen molar-refractivity contribution in [3.8, 4) is 0 Å². The predicted octanol–water partition coefficient (Wildman–Crippen LogP) is 4.76. The van der Waals surface area contributed by atoms with E-state index in [0.29, 0.717) is 17.8 Å². The lowest BCUT2D eigenvalue weighted by Crippen LogP contribution is -2.39. The summed E-state index contributed by atoms with van der Waals surface area (Å²) in [5.74, 6) is 2.62. The fourth-order valence-corrected chi connectivity index (χ4v) is 4.56. The van der Waals surface area contributed by atoms with Crippen LogP contribution in [0.1, 0.15) is 71.6 Å². The Morgan fingerprint density at radius 2 is 1.24 bits per heavy atom. The molecule has 2 aliphatic heterocycles. The van der Waals surface area contributed by atoms with E-state index in [1.807, 2.05) is 0 Å². The maximum absolute atomic E-state index is 6.08. The zero-order valence-electron chi connectivity index (χ0n) is 16.3. The molecule has 0 N–H and O–H groups in total. The first-order valence-electron chi connectivity index (χ1n) is 10.7. The molecule has 0 radical (unpaired) electrons. The fraction of sp³-hybridized carbons (Fsp3) is 1.00. The summed E-state index contributed by atoms with van der Waals surface area (Å²) in [4.78, 5) is 0. The van der Waals surface area contributed by atoms with Gasteiger partial charge in [-0.1, -0.05) is 39.5 Å². The van der Waals surface area contributed by atoms with Crippen molar-refractivity contribution in [3.63, 3.8) is 0 Å². The van der Waals surface area contributed by atoms with Crippen molar-refractivity contribution in [2.45, 2.75) is 84.2 Å². The highest BCUT2D eigenvalue weighted by atomic mass is 16.7. The van der Waals surface area contributed by atoms with Gasteiger partial charge in [0.05, 0.1) is 26.4 Å². The minimum absolute atomic E-state index is 0.0184. The predicted molar refractivity (Wildman–Crippen MR) is 98.2 cm³/mol. The van der Waals surface area contributed by atoms with Crippen LogP contribution in [0.5, 0.6) is 0 Å². The third kappa shape index (κ3) is 5.92. The zero-order valence-corrected chi connectivity index (χ0v) is 16.3. The van der Waals surface area contributed by atoms with E-state index in [1.54, 1.807) is 0 Å².